The number of ether oxygens (including phenoxy) is 1. The molecule has 5 rings (SSSR count). The molecule has 224 valence electrons. The average Bonchev–Trinajstić information content (AvgIpc) is 3.01. The third-order valence-electron chi connectivity index (χ3n) is 8.29. The van der Waals surface area contributed by atoms with E-state index in [-0.39, 0.29) is 43.2 Å². The molecular weight excluding hydrogens is 545 g/mol. The number of benzene rings is 3. The van der Waals surface area contributed by atoms with Gasteiger partial charge in [-0.15, -0.1) is 0 Å². The van der Waals surface area contributed by atoms with Crippen molar-refractivity contribution in [2.24, 2.45) is 0 Å². The van der Waals surface area contributed by atoms with Crippen molar-refractivity contribution in [1.29, 1.82) is 0 Å². The lowest BCUT2D eigenvalue weighted by atomic mass is 9.83. The number of allylic oxidation sites excluding steroid dienone is 1. The van der Waals surface area contributed by atoms with Gasteiger partial charge in [0, 0.05) is 49.3 Å². The van der Waals surface area contributed by atoms with E-state index in [4.69, 9.17) is 4.74 Å². The highest BCUT2D eigenvalue weighted by molar-refractivity contribution is 5.96. The van der Waals surface area contributed by atoms with Crippen LogP contribution in [0.5, 0.6) is 0 Å². The van der Waals surface area contributed by atoms with Gasteiger partial charge in [0.05, 0.1) is 18.7 Å². The molecule has 2 aliphatic heterocycles. The van der Waals surface area contributed by atoms with Crippen LogP contribution < -0.4 is 5.32 Å². The zero-order valence-electron chi connectivity index (χ0n) is 24.7. The number of carbonyl (C=O) groups excluding carboxylic acids is 3. The van der Waals surface area contributed by atoms with Crippen LogP contribution in [0.1, 0.15) is 66.1 Å². The van der Waals surface area contributed by atoms with Crippen molar-refractivity contribution >= 4 is 17.8 Å². The summed E-state index contributed by atoms with van der Waals surface area (Å²) in [5.41, 5.74) is 4.18. The minimum absolute atomic E-state index is 0.0558. The number of rotatable bonds is 9. The summed E-state index contributed by atoms with van der Waals surface area (Å²) in [6.45, 7) is 6.63. The number of piperidine rings is 1. The maximum absolute atomic E-state index is 13.6. The van der Waals surface area contributed by atoms with E-state index in [2.05, 4.69) is 34.5 Å². The van der Waals surface area contributed by atoms with Crippen LogP contribution in [0.4, 0.5) is 4.39 Å². The van der Waals surface area contributed by atoms with Crippen LogP contribution in [0.3, 0.4) is 0 Å². The van der Waals surface area contributed by atoms with E-state index < -0.39 is 11.9 Å². The minimum atomic E-state index is -0.528. The van der Waals surface area contributed by atoms with E-state index in [1.807, 2.05) is 18.2 Å². The number of hydrogen-bond donors (Lipinski definition) is 1. The van der Waals surface area contributed by atoms with Crippen LogP contribution in [0.2, 0.25) is 0 Å². The Hall–Kier alpha value is -4.30. The lowest BCUT2D eigenvalue weighted by Gasteiger charge is -2.34. The van der Waals surface area contributed by atoms with Gasteiger partial charge < -0.3 is 15.0 Å². The number of halogens is 1. The molecule has 0 spiro atoms. The Labute approximate surface area is 252 Å². The second kappa shape index (κ2) is 13.8. The summed E-state index contributed by atoms with van der Waals surface area (Å²) in [6, 6.07) is 23.6. The predicted molar refractivity (Wildman–Crippen MR) is 162 cm³/mol. The van der Waals surface area contributed by atoms with E-state index in [1.54, 1.807) is 43.0 Å². The number of nitrogens with one attached hydrogen (secondary N) is 1. The van der Waals surface area contributed by atoms with Crippen molar-refractivity contribution in [3.05, 3.63) is 118 Å². The Balaban J connectivity index is 1.26. The van der Waals surface area contributed by atoms with Crippen molar-refractivity contribution < 1.29 is 23.5 Å². The van der Waals surface area contributed by atoms with Crippen LogP contribution >= 0.6 is 0 Å². The van der Waals surface area contributed by atoms with Crippen molar-refractivity contribution in [1.82, 2.24) is 15.1 Å². The zero-order chi connectivity index (χ0) is 30.3. The molecule has 43 heavy (non-hydrogen) atoms. The van der Waals surface area contributed by atoms with Crippen LogP contribution in [0, 0.1) is 5.82 Å². The molecule has 2 amide bonds. The Morgan fingerprint density at radius 2 is 1.63 bits per heavy atom. The first-order valence-corrected chi connectivity index (χ1v) is 14.9. The lowest BCUT2D eigenvalue weighted by Crippen LogP contribution is -2.44. The van der Waals surface area contributed by atoms with Crippen LogP contribution in [0.25, 0.3) is 0 Å². The van der Waals surface area contributed by atoms with Gasteiger partial charge in [0.2, 0.25) is 5.91 Å². The Kier molecular flexibility index (Phi) is 9.67. The van der Waals surface area contributed by atoms with E-state index >= 15 is 0 Å². The molecule has 1 N–H and O–H groups in total. The monoisotopic (exact) mass is 583 g/mol. The molecule has 0 radical (unpaired) electrons. The van der Waals surface area contributed by atoms with Gasteiger partial charge in [0.25, 0.3) is 5.91 Å². The van der Waals surface area contributed by atoms with E-state index in [0.717, 1.165) is 38.0 Å². The van der Waals surface area contributed by atoms with Crippen LogP contribution in [0.15, 0.2) is 90.1 Å². The molecule has 8 heteroatoms. The molecular formula is C35H38FN3O4. The fourth-order valence-electron chi connectivity index (χ4n) is 6.00. The highest BCUT2D eigenvalue weighted by atomic mass is 19.1. The smallest absolute Gasteiger partial charge is 0.336 e. The molecule has 2 heterocycles. The normalized spacial score (nSPS) is 18.1. The maximum Gasteiger partial charge on any atom is 0.336 e. The molecule has 0 saturated carbocycles. The molecule has 0 bridgehead atoms. The molecule has 2 aliphatic rings. The second-order valence-corrected chi connectivity index (χ2v) is 11.2. The summed E-state index contributed by atoms with van der Waals surface area (Å²) in [6.07, 6.45) is 1.83. The largest absolute Gasteiger partial charge is 0.463 e. The van der Waals surface area contributed by atoms with Gasteiger partial charge in [0.1, 0.15) is 5.82 Å². The SMILES string of the molecule is CCOC(=O)C1=C(C)N(Cc2cccc(C(=O)NC3CCN(Cc4ccccc4)CC3)c2)C(=O)CC1c1ccc(F)cc1. The second-order valence-electron chi connectivity index (χ2n) is 11.2. The van der Waals surface area contributed by atoms with Crippen LogP contribution in [-0.2, 0) is 27.4 Å². The van der Waals surface area contributed by atoms with Crippen LogP contribution in [-0.4, -0.2) is 53.3 Å². The summed E-state index contributed by atoms with van der Waals surface area (Å²) >= 11 is 0. The molecule has 1 saturated heterocycles. The molecule has 3 aromatic carbocycles. The fourth-order valence-corrected chi connectivity index (χ4v) is 6.00. The Morgan fingerprint density at radius 3 is 2.33 bits per heavy atom. The van der Waals surface area contributed by atoms with E-state index in [0.29, 0.717) is 22.4 Å². The average molecular weight is 584 g/mol. The molecule has 0 aromatic heterocycles. The topological polar surface area (TPSA) is 79.0 Å². The summed E-state index contributed by atoms with van der Waals surface area (Å²) in [4.78, 5) is 43.6. The highest BCUT2D eigenvalue weighted by Crippen LogP contribution is 2.37. The highest BCUT2D eigenvalue weighted by Gasteiger charge is 2.37. The Morgan fingerprint density at radius 1 is 0.930 bits per heavy atom. The Bertz CT molecular complexity index is 1480. The van der Waals surface area contributed by atoms with Gasteiger partial charge in [-0.3, -0.25) is 14.5 Å². The minimum Gasteiger partial charge on any atom is -0.463 e. The molecule has 1 fully saturated rings. The third kappa shape index (κ3) is 7.38. The van der Waals surface area contributed by atoms with Crippen molar-refractivity contribution in [2.75, 3.05) is 19.7 Å². The summed E-state index contributed by atoms with van der Waals surface area (Å²) in [5.74, 6) is -1.70. The van der Waals surface area contributed by atoms with Crippen molar-refractivity contribution in [3.63, 3.8) is 0 Å². The predicted octanol–water partition coefficient (Wildman–Crippen LogP) is 5.57. The zero-order valence-corrected chi connectivity index (χ0v) is 24.7. The third-order valence-corrected chi connectivity index (χ3v) is 8.29. The number of nitrogens with zero attached hydrogens (tertiary/aromatic N) is 2. The van der Waals surface area contributed by atoms with Gasteiger partial charge in [0.15, 0.2) is 0 Å². The molecule has 1 atom stereocenters. The van der Waals surface area contributed by atoms with Gasteiger partial charge in [-0.2, -0.15) is 0 Å². The molecule has 1 unspecified atom stereocenters. The van der Waals surface area contributed by atoms with E-state index in [1.165, 1.54) is 17.7 Å². The number of esters is 1. The fraction of sp³-hybridized carbons (Fsp3) is 0.343. The summed E-state index contributed by atoms with van der Waals surface area (Å²) in [5, 5.41) is 3.19. The molecule has 3 aromatic rings. The quantitative estimate of drug-likeness (QED) is 0.333. The molecule has 7 nitrogen and oxygen atoms in total. The van der Waals surface area contributed by atoms with Gasteiger partial charge in [-0.1, -0.05) is 54.6 Å². The number of hydrogen-bond acceptors (Lipinski definition) is 5. The summed E-state index contributed by atoms with van der Waals surface area (Å²) in [7, 11) is 0. The summed E-state index contributed by atoms with van der Waals surface area (Å²) < 4.78 is 18.9. The molecule has 0 aliphatic carbocycles. The van der Waals surface area contributed by atoms with Gasteiger partial charge >= 0.3 is 5.97 Å². The van der Waals surface area contributed by atoms with Gasteiger partial charge in [-0.25, -0.2) is 9.18 Å². The number of carbonyl (C=O) groups is 3. The van der Waals surface area contributed by atoms with Gasteiger partial charge in [-0.05, 0) is 67.6 Å². The first-order valence-electron chi connectivity index (χ1n) is 14.9. The number of likely N-dealkylation sites (tertiary alicyclic amines) is 1. The van der Waals surface area contributed by atoms with E-state index in [9.17, 15) is 18.8 Å². The first-order chi connectivity index (χ1) is 20.8. The first kappa shape index (κ1) is 30.2. The number of amides is 2. The van der Waals surface area contributed by atoms with Crippen molar-refractivity contribution in [3.8, 4) is 0 Å². The van der Waals surface area contributed by atoms with Crippen molar-refractivity contribution in [2.45, 2.75) is 58.2 Å². The standard InChI is InChI=1S/C35H38FN3O4/c1-3-43-35(42)33-24(2)39(32(40)21-31(33)27-12-14-29(36)15-13-27)23-26-10-7-11-28(20-26)34(41)37-30-16-18-38(19-17-30)22-25-8-5-4-6-9-25/h4-15,20,30-31H,3,16-19,21-23H2,1-2H3,(H,37,41). The maximum atomic E-state index is 13.6. The lowest BCUT2D eigenvalue weighted by molar-refractivity contribution is -0.140.